The highest BCUT2D eigenvalue weighted by Crippen LogP contribution is 2.52. The fourth-order valence-electron chi connectivity index (χ4n) is 6.98. The third-order valence-corrected chi connectivity index (χ3v) is 9.20. The maximum Gasteiger partial charge on any atom is 0.265 e. The number of hydrogen-bond donors (Lipinski definition) is 1. The lowest BCUT2D eigenvalue weighted by Gasteiger charge is -2.41. The number of aromatic nitrogens is 1. The molecule has 6 rings (SSSR count). The van der Waals surface area contributed by atoms with E-state index < -0.39 is 5.56 Å². The first-order valence-corrected chi connectivity index (χ1v) is 13.0. The van der Waals surface area contributed by atoms with Crippen LogP contribution in [0.25, 0.3) is 5.52 Å². The molecule has 2 aromatic heterocycles. The smallest absolute Gasteiger partial charge is 0.265 e. The molecule has 0 unspecified atom stereocenters. The van der Waals surface area contributed by atoms with Gasteiger partial charge in [0.15, 0.2) is 12.1 Å². The van der Waals surface area contributed by atoms with Gasteiger partial charge in [-0.15, -0.1) is 0 Å². The molecule has 4 fully saturated rings. The molecule has 6 nitrogen and oxygen atoms in total. The van der Waals surface area contributed by atoms with Crippen LogP contribution in [0.3, 0.4) is 0 Å². The molecule has 4 aliphatic rings. The van der Waals surface area contributed by atoms with Gasteiger partial charge in [-0.25, -0.2) is 4.39 Å². The summed E-state index contributed by atoms with van der Waals surface area (Å²) in [4.78, 5) is 29.2. The normalized spacial score (nSPS) is 24.8. The van der Waals surface area contributed by atoms with Crippen LogP contribution in [0.2, 0.25) is 0 Å². The summed E-state index contributed by atoms with van der Waals surface area (Å²) in [5.74, 6) is 0.519. The van der Waals surface area contributed by atoms with Gasteiger partial charge < -0.3 is 10.2 Å². The third kappa shape index (κ3) is 3.42. The van der Waals surface area contributed by atoms with Crippen molar-refractivity contribution in [2.45, 2.75) is 69.4 Å². The van der Waals surface area contributed by atoms with Crippen molar-refractivity contribution in [2.24, 2.45) is 5.92 Å². The molecular weight excluding hydrogens is 431 g/mol. The van der Waals surface area contributed by atoms with Crippen LogP contribution in [0, 0.1) is 18.7 Å². The van der Waals surface area contributed by atoms with Crippen LogP contribution in [0.4, 0.5) is 10.1 Å². The molecule has 2 saturated carbocycles. The first-order chi connectivity index (χ1) is 16.4. The van der Waals surface area contributed by atoms with E-state index in [1.165, 1.54) is 36.3 Å². The topological polar surface area (TPSA) is 57.1 Å². The number of hydrogen-bond acceptors (Lipinski definition) is 5. The SMILES string of the molecule is Cc1c(N2CC[C@@H](C3(N(C)C4CCNCC4)CC3)C2)c(F)cn2c(=O)c(C=O)cc(C3CC3)c12. The van der Waals surface area contributed by atoms with Crippen molar-refractivity contribution in [1.29, 1.82) is 0 Å². The van der Waals surface area contributed by atoms with Crippen LogP contribution in [0.15, 0.2) is 17.1 Å². The van der Waals surface area contributed by atoms with Gasteiger partial charge in [0.25, 0.3) is 5.56 Å². The van der Waals surface area contributed by atoms with E-state index in [4.69, 9.17) is 0 Å². The van der Waals surface area contributed by atoms with E-state index in [9.17, 15) is 9.59 Å². The molecular formula is C27H35FN4O2. The Kier molecular flexibility index (Phi) is 5.34. The number of pyridine rings is 2. The number of carbonyl (C=O) groups excluding carboxylic acids is 1. The Balaban J connectivity index is 1.34. The highest BCUT2D eigenvalue weighted by molar-refractivity contribution is 5.80. The minimum atomic E-state index is -0.428. The molecule has 2 aliphatic carbocycles. The Hall–Kier alpha value is -2.25. The van der Waals surface area contributed by atoms with Gasteiger partial charge in [0.2, 0.25) is 0 Å². The Morgan fingerprint density at radius 3 is 2.56 bits per heavy atom. The summed E-state index contributed by atoms with van der Waals surface area (Å²) in [6, 6.07) is 2.38. The average molecular weight is 467 g/mol. The van der Waals surface area contributed by atoms with Gasteiger partial charge in [-0.3, -0.25) is 18.9 Å². The van der Waals surface area contributed by atoms with Gasteiger partial charge >= 0.3 is 0 Å². The van der Waals surface area contributed by atoms with Crippen molar-refractivity contribution >= 4 is 17.5 Å². The predicted molar refractivity (Wildman–Crippen MR) is 132 cm³/mol. The standard InChI is InChI=1S/C27H35FN4O2/c1-17-24-22(18-3-4-18)13-19(16-33)26(34)32(24)15-23(28)25(17)31-12-7-20(14-31)27(8-9-27)30(2)21-5-10-29-11-6-21/h13,15-16,18,20-21,29H,3-12,14H2,1-2H3/t20-/m1/s1. The van der Waals surface area contributed by atoms with Gasteiger partial charge in [0, 0.05) is 24.7 Å². The van der Waals surface area contributed by atoms with E-state index in [1.54, 1.807) is 6.07 Å². The monoisotopic (exact) mass is 466 g/mol. The van der Waals surface area contributed by atoms with Crippen molar-refractivity contribution in [3.8, 4) is 0 Å². The summed E-state index contributed by atoms with van der Waals surface area (Å²) in [6.07, 6.45) is 9.98. The highest BCUT2D eigenvalue weighted by Gasteiger charge is 2.55. The molecule has 0 aromatic carbocycles. The maximum absolute atomic E-state index is 15.6. The van der Waals surface area contributed by atoms with Gasteiger partial charge in [0.1, 0.15) is 0 Å². The lowest BCUT2D eigenvalue weighted by Crippen LogP contribution is -2.50. The Labute approximate surface area is 200 Å². The first kappa shape index (κ1) is 22.2. The lowest BCUT2D eigenvalue weighted by atomic mass is 9.91. The second kappa shape index (κ2) is 8.16. The summed E-state index contributed by atoms with van der Waals surface area (Å²) in [5.41, 5.74) is 3.22. The Morgan fingerprint density at radius 2 is 1.91 bits per heavy atom. The molecule has 1 N–H and O–H groups in total. The number of piperidine rings is 1. The molecule has 4 heterocycles. The number of aryl methyl sites for hydroxylation is 1. The predicted octanol–water partition coefficient (Wildman–Crippen LogP) is 3.48. The second-order valence-corrected chi connectivity index (χ2v) is 11.0. The van der Waals surface area contributed by atoms with Crippen molar-refractivity contribution in [3.63, 3.8) is 0 Å². The molecule has 0 spiro atoms. The summed E-state index contributed by atoms with van der Waals surface area (Å²) < 4.78 is 17.0. The lowest BCUT2D eigenvalue weighted by molar-refractivity contribution is 0.0896. The van der Waals surface area contributed by atoms with Crippen molar-refractivity contribution in [1.82, 2.24) is 14.6 Å². The van der Waals surface area contributed by atoms with Gasteiger partial charge in [-0.05, 0) is 101 Å². The summed E-state index contributed by atoms with van der Waals surface area (Å²) >= 11 is 0. The van der Waals surface area contributed by atoms with E-state index in [1.807, 2.05) is 6.92 Å². The minimum absolute atomic E-state index is 0.115. The molecule has 2 saturated heterocycles. The number of nitrogens with zero attached hydrogens (tertiary/aromatic N) is 3. The number of carbonyl (C=O) groups is 1. The van der Waals surface area contributed by atoms with Crippen LogP contribution in [0.5, 0.6) is 0 Å². The summed E-state index contributed by atoms with van der Waals surface area (Å²) in [5, 5.41) is 3.47. The van der Waals surface area contributed by atoms with E-state index in [0.29, 0.717) is 29.9 Å². The molecule has 0 radical (unpaired) electrons. The van der Waals surface area contributed by atoms with Gasteiger partial charge in [-0.2, -0.15) is 0 Å². The molecule has 7 heteroatoms. The fourth-order valence-corrected chi connectivity index (χ4v) is 6.98. The van der Waals surface area contributed by atoms with Crippen LogP contribution in [0.1, 0.15) is 72.3 Å². The number of fused-ring (bicyclic) bond motifs is 1. The molecule has 182 valence electrons. The van der Waals surface area contributed by atoms with Crippen molar-refractivity contribution in [3.05, 3.63) is 45.1 Å². The van der Waals surface area contributed by atoms with E-state index in [-0.39, 0.29) is 16.9 Å². The molecule has 1 atom stereocenters. The van der Waals surface area contributed by atoms with Crippen LogP contribution in [-0.2, 0) is 0 Å². The molecule has 34 heavy (non-hydrogen) atoms. The van der Waals surface area contributed by atoms with Crippen LogP contribution in [-0.4, -0.2) is 60.4 Å². The van der Waals surface area contributed by atoms with Crippen molar-refractivity contribution in [2.75, 3.05) is 38.1 Å². The van der Waals surface area contributed by atoms with Crippen LogP contribution < -0.4 is 15.8 Å². The van der Waals surface area contributed by atoms with E-state index in [2.05, 4.69) is 22.2 Å². The Bertz CT molecular complexity index is 1190. The van der Waals surface area contributed by atoms with Gasteiger partial charge in [-0.1, -0.05) is 0 Å². The Morgan fingerprint density at radius 1 is 1.18 bits per heavy atom. The van der Waals surface area contributed by atoms with Crippen molar-refractivity contribution < 1.29 is 9.18 Å². The van der Waals surface area contributed by atoms with Crippen LogP contribution >= 0.6 is 0 Å². The van der Waals surface area contributed by atoms with E-state index in [0.717, 1.165) is 62.1 Å². The van der Waals surface area contributed by atoms with Gasteiger partial charge in [0.05, 0.1) is 23.0 Å². The van der Waals surface area contributed by atoms with E-state index >= 15 is 4.39 Å². The number of rotatable bonds is 6. The minimum Gasteiger partial charge on any atom is -0.368 e. The average Bonchev–Trinajstić information content (AvgIpc) is 3.78. The number of halogens is 1. The largest absolute Gasteiger partial charge is 0.368 e. The zero-order chi connectivity index (χ0) is 23.6. The zero-order valence-electron chi connectivity index (χ0n) is 20.3. The number of nitrogens with one attached hydrogen (secondary N) is 1. The quantitative estimate of drug-likeness (QED) is 0.661. The number of anilines is 1. The molecule has 0 amide bonds. The molecule has 2 aromatic rings. The third-order valence-electron chi connectivity index (χ3n) is 9.20. The molecule has 2 aliphatic heterocycles. The highest BCUT2D eigenvalue weighted by atomic mass is 19.1. The zero-order valence-corrected chi connectivity index (χ0v) is 20.3. The maximum atomic E-state index is 15.6. The summed E-state index contributed by atoms with van der Waals surface area (Å²) in [6.45, 7) is 5.84. The second-order valence-electron chi connectivity index (χ2n) is 11.0. The molecule has 0 bridgehead atoms. The summed E-state index contributed by atoms with van der Waals surface area (Å²) in [7, 11) is 2.31. The fraction of sp³-hybridized carbons (Fsp3) is 0.630. The first-order valence-electron chi connectivity index (χ1n) is 13.0. The number of aldehydes is 1.